The number of carbonyl (C=O) groups is 1. The van der Waals surface area contributed by atoms with Gasteiger partial charge in [0, 0.05) is 11.8 Å². The summed E-state index contributed by atoms with van der Waals surface area (Å²) < 4.78 is 5.65. The Balaban J connectivity index is 2.04. The van der Waals surface area contributed by atoms with Crippen LogP contribution in [0.25, 0.3) is 0 Å². The number of aromatic nitrogens is 1. The fraction of sp³-hybridized carbons (Fsp3) is 0.667. The summed E-state index contributed by atoms with van der Waals surface area (Å²) in [6.07, 6.45) is 6.98. The zero-order valence-electron chi connectivity index (χ0n) is 9.53. The van der Waals surface area contributed by atoms with Gasteiger partial charge in [-0.1, -0.05) is 19.8 Å². The van der Waals surface area contributed by atoms with E-state index in [-0.39, 0.29) is 11.8 Å². The lowest BCUT2D eigenvalue weighted by Gasteiger charge is -2.19. The van der Waals surface area contributed by atoms with Crippen LogP contribution in [0.4, 0.5) is 0 Å². The van der Waals surface area contributed by atoms with Crippen LogP contribution in [0.5, 0.6) is 0 Å². The Morgan fingerprint density at radius 1 is 1.56 bits per heavy atom. The maximum Gasteiger partial charge on any atom is 0.303 e. The molecule has 0 bridgehead atoms. The molecule has 0 radical (unpaired) electrons. The summed E-state index contributed by atoms with van der Waals surface area (Å²) in [5, 5.41) is 8.57. The smallest absolute Gasteiger partial charge is 0.303 e. The zero-order chi connectivity index (χ0) is 11.6. The molecule has 1 saturated carbocycles. The van der Waals surface area contributed by atoms with E-state index < -0.39 is 5.97 Å². The standard InChI is InChI=1S/C12H17NO3/c1-12(6-2-3-7-12)9-8-13-10(16-9)4-5-11(14)15/h8H,2-7H2,1H3,(H,14,15). The van der Waals surface area contributed by atoms with Crippen LogP contribution in [-0.4, -0.2) is 16.1 Å². The quantitative estimate of drug-likeness (QED) is 0.851. The molecule has 1 fully saturated rings. The highest BCUT2D eigenvalue weighted by atomic mass is 16.4. The molecule has 0 unspecified atom stereocenters. The number of aliphatic carboxylic acids is 1. The van der Waals surface area contributed by atoms with Crippen molar-refractivity contribution in [1.29, 1.82) is 0 Å². The van der Waals surface area contributed by atoms with Crippen LogP contribution < -0.4 is 0 Å². The first-order chi connectivity index (χ1) is 7.60. The zero-order valence-corrected chi connectivity index (χ0v) is 9.53. The van der Waals surface area contributed by atoms with E-state index in [9.17, 15) is 4.79 Å². The van der Waals surface area contributed by atoms with Gasteiger partial charge in [-0.2, -0.15) is 0 Å². The number of rotatable bonds is 4. The molecule has 0 saturated heterocycles. The predicted octanol–water partition coefficient (Wildman–Crippen LogP) is 2.52. The molecule has 2 rings (SSSR count). The minimum Gasteiger partial charge on any atom is -0.481 e. The molecule has 0 amide bonds. The number of aryl methyl sites for hydroxylation is 1. The van der Waals surface area contributed by atoms with Crippen LogP contribution in [0.3, 0.4) is 0 Å². The summed E-state index contributed by atoms with van der Waals surface area (Å²) in [7, 11) is 0. The van der Waals surface area contributed by atoms with Gasteiger partial charge in [-0.25, -0.2) is 4.98 Å². The van der Waals surface area contributed by atoms with Crippen molar-refractivity contribution in [2.45, 2.75) is 50.9 Å². The second-order valence-corrected chi connectivity index (χ2v) is 4.78. The third kappa shape index (κ3) is 2.26. The SMILES string of the molecule is CC1(c2cnc(CCC(=O)O)o2)CCCC1. The summed E-state index contributed by atoms with van der Waals surface area (Å²) in [6.45, 7) is 2.20. The summed E-state index contributed by atoms with van der Waals surface area (Å²) in [6, 6.07) is 0. The van der Waals surface area contributed by atoms with Crippen molar-refractivity contribution in [3.8, 4) is 0 Å². The number of carboxylic acid groups (broad SMARTS) is 1. The van der Waals surface area contributed by atoms with Crippen molar-refractivity contribution in [2.75, 3.05) is 0 Å². The first-order valence-corrected chi connectivity index (χ1v) is 5.77. The van der Waals surface area contributed by atoms with Gasteiger partial charge in [0.25, 0.3) is 0 Å². The lowest BCUT2D eigenvalue weighted by Crippen LogP contribution is -2.15. The molecule has 1 aliphatic carbocycles. The fourth-order valence-corrected chi connectivity index (χ4v) is 2.32. The molecule has 0 atom stereocenters. The Labute approximate surface area is 94.7 Å². The van der Waals surface area contributed by atoms with Gasteiger partial charge in [-0.05, 0) is 12.8 Å². The predicted molar refractivity (Wildman–Crippen MR) is 58.3 cm³/mol. The molecule has 0 aromatic carbocycles. The summed E-state index contributed by atoms with van der Waals surface area (Å²) >= 11 is 0. The van der Waals surface area contributed by atoms with E-state index in [1.165, 1.54) is 12.8 Å². The molecule has 0 aliphatic heterocycles. The van der Waals surface area contributed by atoms with Crippen LogP contribution in [0.15, 0.2) is 10.6 Å². The van der Waals surface area contributed by atoms with Crippen molar-refractivity contribution in [1.82, 2.24) is 4.98 Å². The number of carboxylic acids is 1. The highest BCUT2D eigenvalue weighted by Gasteiger charge is 2.34. The number of hydrogen-bond donors (Lipinski definition) is 1. The highest BCUT2D eigenvalue weighted by Crippen LogP contribution is 2.40. The topological polar surface area (TPSA) is 63.3 Å². The van der Waals surface area contributed by atoms with Gasteiger partial charge in [0.15, 0.2) is 5.89 Å². The minimum absolute atomic E-state index is 0.0800. The van der Waals surface area contributed by atoms with E-state index in [0.717, 1.165) is 18.6 Å². The monoisotopic (exact) mass is 223 g/mol. The van der Waals surface area contributed by atoms with E-state index in [1.807, 2.05) is 0 Å². The van der Waals surface area contributed by atoms with Crippen LogP contribution in [0, 0.1) is 0 Å². The first-order valence-electron chi connectivity index (χ1n) is 5.77. The van der Waals surface area contributed by atoms with Crippen LogP contribution in [-0.2, 0) is 16.6 Å². The largest absolute Gasteiger partial charge is 0.481 e. The molecular formula is C12H17NO3. The average molecular weight is 223 g/mol. The Kier molecular flexibility index (Phi) is 2.99. The van der Waals surface area contributed by atoms with E-state index in [4.69, 9.17) is 9.52 Å². The lowest BCUT2D eigenvalue weighted by atomic mass is 9.87. The average Bonchev–Trinajstić information content (AvgIpc) is 2.84. The van der Waals surface area contributed by atoms with Gasteiger partial charge >= 0.3 is 5.97 Å². The third-order valence-corrected chi connectivity index (χ3v) is 3.41. The second kappa shape index (κ2) is 4.28. The second-order valence-electron chi connectivity index (χ2n) is 4.78. The van der Waals surface area contributed by atoms with Gasteiger partial charge in [-0.15, -0.1) is 0 Å². The maximum atomic E-state index is 10.4. The van der Waals surface area contributed by atoms with E-state index in [2.05, 4.69) is 11.9 Å². The number of hydrogen-bond acceptors (Lipinski definition) is 3. The molecule has 1 aromatic heterocycles. The molecule has 88 valence electrons. The van der Waals surface area contributed by atoms with Crippen LogP contribution >= 0.6 is 0 Å². The molecule has 1 N–H and O–H groups in total. The normalized spacial score (nSPS) is 18.8. The van der Waals surface area contributed by atoms with E-state index in [0.29, 0.717) is 12.3 Å². The van der Waals surface area contributed by atoms with Gasteiger partial charge in [0.2, 0.25) is 0 Å². The molecule has 1 heterocycles. The molecule has 1 aromatic rings. The summed E-state index contributed by atoms with van der Waals surface area (Å²) in [5.74, 6) is 0.655. The van der Waals surface area contributed by atoms with Gasteiger partial charge in [-0.3, -0.25) is 4.79 Å². The van der Waals surface area contributed by atoms with E-state index >= 15 is 0 Å². The fourth-order valence-electron chi connectivity index (χ4n) is 2.32. The Morgan fingerprint density at radius 3 is 2.88 bits per heavy atom. The molecular weight excluding hydrogens is 206 g/mol. The molecule has 16 heavy (non-hydrogen) atoms. The van der Waals surface area contributed by atoms with Crippen molar-refractivity contribution in [3.05, 3.63) is 17.8 Å². The van der Waals surface area contributed by atoms with Gasteiger partial charge < -0.3 is 9.52 Å². The van der Waals surface area contributed by atoms with Crippen LogP contribution in [0.2, 0.25) is 0 Å². The molecule has 0 spiro atoms. The minimum atomic E-state index is -0.813. The summed E-state index contributed by atoms with van der Waals surface area (Å²) in [5.41, 5.74) is 0.120. The third-order valence-electron chi connectivity index (χ3n) is 3.41. The van der Waals surface area contributed by atoms with Crippen molar-refractivity contribution in [3.63, 3.8) is 0 Å². The Hall–Kier alpha value is -1.32. The molecule has 1 aliphatic rings. The van der Waals surface area contributed by atoms with Crippen LogP contribution in [0.1, 0.15) is 50.7 Å². The van der Waals surface area contributed by atoms with E-state index in [1.54, 1.807) is 6.20 Å². The number of nitrogens with zero attached hydrogens (tertiary/aromatic N) is 1. The Morgan fingerprint density at radius 2 is 2.25 bits per heavy atom. The maximum absolute atomic E-state index is 10.4. The van der Waals surface area contributed by atoms with Crippen molar-refractivity contribution < 1.29 is 14.3 Å². The highest BCUT2D eigenvalue weighted by molar-refractivity contribution is 5.66. The number of oxazole rings is 1. The summed E-state index contributed by atoms with van der Waals surface area (Å²) in [4.78, 5) is 14.6. The Bertz CT molecular complexity index is 377. The first kappa shape index (κ1) is 11.2. The lowest BCUT2D eigenvalue weighted by molar-refractivity contribution is -0.137. The molecule has 4 heteroatoms. The van der Waals surface area contributed by atoms with Gasteiger partial charge in [0.1, 0.15) is 5.76 Å². The van der Waals surface area contributed by atoms with Gasteiger partial charge in [0.05, 0.1) is 12.6 Å². The van der Waals surface area contributed by atoms with Crippen molar-refractivity contribution >= 4 is 5.97 Å². The van der Waals surface area contributed by atoms with Crippen molar-refractivity contribution in [2.24, 2.45) is 0 Å². The molecule has 4 nitrogen and oxygen atoms in total.